The maximum absolute atomic E-state index is 8.74. The van der Waals surface area contributed by atoms with Crippen LogP contribution in [-0.4, -0.2) is 28.6 Å². The zero-order valence-corrected chi connectivity index (χ0v) is 14.8. The first-order valence-corrected chi connectivity index (χ1v) is 9.51. The van der Waals surface area contributed by atoms with E-state index >= 15 is 0 Å². The summed E-state index contributed by atoms with van der Waals surface area (Å²) >= 11 is 0. The molecule has 0 atom stereocenters. The molecule has 0 radical (unpaired) electrons. The van der Waals surface area contributed by atoms with Gasteiger partial charge in [-0.3, -0.25) is 0 Å². The van der Waals surface area contributed by atoms with Crippen molar-refractivity contribution in [1.82, 2.24) is 0 Å². The summed E-state index contributed by atoms with van der Waals surface area (Å²) in [5.41, 5.74) is 1.12. The Bertz CT molecular complexity index is 484. The lowest BCUT2D eigenvalue weighted by Gasteiger charge is -2.30. The molecule has 0 fully saturated rings. The Morgan fingerprint density at radius 1 is 1.00 bits per heavy atom. The molecule has 0 aliphatic heterocycles. The minimum atomic E-state index is -3.00. The van der Waals surface area contributed by atoms with Gasteiger partial charge in [-0.1, -0.05) is 19.4 Å². The van der Waals surface area contributed by atoms with E-state index < -0.39 is 8.80 Å². The third kappa shape index (κ3) is 4.55. The van der Waals surface area contributed by atoms with Crippen LogP contribution >= 0.6 is 0 Å². The second-order valence-electron chi connectivity index (χ2n) is 4.62. The third-order valence-corrected chi connectivity index (χ3v) is 6.23. The highest BCUT2D eigenvalue weighted by Gasteiger charge is 2.45. The number of ether oxygens (including phenoxy) is 1. The van der Waals surface area contributed by atoms with Gasteiger partial charge in [0.25, 0.3) is 6.26 Å². The van der Waals surface area contributed by atoms with Crippen molar-refractivity contribution in [1.29, 1.82) is 5.26 Å². The lowest BCUT2D eigenvalue weighted by Crippen LogP contribution is -2.58. The zero-order chi connectivity index (χ0) is 16.4. The first kappa shape index (κ1) is 18.7. The molecule has 0 aliphatic carbocycles. The van der Waals surface area contributed by atoms with Gasteiger partial charge >= 0.3 is 8.80 Å². The van der Waals surface area contributed by atoms with Crippen molar-refractivity contribution in [3.05, 3.63) is 23.8 Å². The smallest absolute Gasteiger partial charge is 0.388 e. The first-order chi connectivity index (χ1) is 10.7. The number of nitriles is 1. The minimum Gasteiger partial charge on any atom is -0.388 e. The quantitative estimate of drug-likeness (QED) is 0.489. The zero-order valence-electron chi connectivity index (χ0n) is 13.8. The Morgan fingerprint density at radius 2 is 1.59 bits per heavy atom. The van der Waals surface area contributed by atoms with E-state index in [-0.39, 0.29) is 0 Å². The van der Waals surface area contributed by atoms with Crippen LogP contribution in [0.3, 0.4) is 0 Å². The monoisotopic (exact) mass is 323 g/mol. The maximum Gasteiger partial charge on any atom is 0.537 e. The van der Waals surface area contributed by atoms with Crippen molar-refractivity contribution >= 4 is 14.0 Å². The molecule has 1 aromatic rings. The van der Waals surface area contributed by atoms with Crippen LogP contribution in [0.1, 0.15) is 39.7 Å². The lowest BCUT2D eigenvalue weighted by atomic mass is 10.1. The van der Waals surface area contributed by atoms with E-state index in [2.05, 4.69) is 6.92 Å². The van der Waals surface area contributed by atoms with Crippen molar-refractivity contribution < 1.29 is 18.0 Å². The predicted octanol–water partition coefficient (Wildman–Crippen LogP) is 2.75. The molecule has 1 rings (SSSR count). The summed E-state index contributed by atoms with van der Waals surface area (Å²) in [6.45, 7) is 9.40. The molecule has 0 unspecified atom stereocenters. The molecule has 122 valence electrons. The van der Waals surface area contributed by atoms with Crippen molar-refractivity contribution in [3.63, 3.8) is 0 Å². The molecule has 0 N–H and O–H groups in total. The lowest BCUT2D eigenvalue weighted by molar-refractivity contribution is 0.0857. The highest BCUT2D eigenvalue weighted by atomic mass is 28.4. The summed E-state index contributed by atoms with van der Waals surface area (Å²) in [7, 11) is -3.00. The molecule has 22 heavy (non-hydrogen) atoms. The molecule has 5 nitrogen and oxygen atoms in total. The van der Waals surface area contributed by atoms with E-state index in [0.717, 1.165) is 23.6 Å². The van der Waals surface area contributed by atoms with Crippen LogP contribution in [0, 0.1) is 11.5 Å². The van der Waals surface area contributed by atoms with Gasteiger partial charge in [0.15, 0.2) is 0 Å². The molecule has 0 saturated heterocycles. The molecule has 0 heterocycles. The number of nitrogens with zero attached hydrogens (tertiary/aromatic N) is 1. The Morgan fingerprint density at radius 3 is 2.05 bits per heavy atom. The average Bonchev–Trinajstić information content (AvgIpc) is 2.50. The van der Waals surface area contributed by atoms with Gasteiger partial charge in [-0.05, 0) is 44.9 Å². The molecule has 1 aromatic carbocycles. The van der Waals surface area contributed by atoms with Crippen LogP contribution in [0.15, 0.2) is 18.2 Å². The molecule has 0 amide bonds. The molecular formula is C16H25NO4Si. The van der Waals surface area contributed by atoms with Gasteiger partial charge < -0.3 is 18.0 Å². The van der Waals surface area contributed by atoms with E-state index in [1.165, 1.54) is 0 Å². The second kappa shape index (κ2) is 9.59. The van der Waals surface area contributed by atoms with Crippen LogP contribution in [-0.2, 0) is 19.7 Å². The third-order valence-electron chi connectivity index (χ3n) is 3.10. The Balaban J connectivity index is 3.40. The van der Waals surface area contributed by atoms with Crippen LogP contribution < -0.4 is 9.92 Å². The Labute approximate surface area is 134 Å². The summed E-state index contributed by atoms with van der Waals surface area (Å²) in [4.78, 5) is 0. The van der Waals surface area contributed by atoms with E-state index in [1.54, 1.807) is 12.3 Å². The molecule has 0 bridgehead atoms. The van der Waals surface area contributed by atoms with E-state index in [4.69, 9.17) is 23.3 Å². The Hall–Kier alpha value is -1.39. The summed E-state index contributed by atoms with van der Waals surface area (Å²) in [6, 6.07) is 5.58. The molecule has 0 aliphatic rings. The minimum absolute atomic E-state index is 0.480. The van der Waals surface area contributed by atoms with Gasteiger partial charge in [0.05, 0.1) is 0 Å². The fourth-order valence-electron chi connectivity index (χ4n) is 2.37. The van der Waals surface area contributed by atoms with Crippen molar-refractivity contribution in [3.8, 4) is 12.0 Å². The van der Waals surface area contributed by atoms with Gasteiger partial charge in [-0.25, -0.2) is 0 Å². The van der Waals surface area contributed by atoms with E-state index in [9.17, 15) is 0 Å². The standard InChI is InChI=1S/C16H25NO4Si/c1-5-9-14-10-11-15(18-13-17)12-16(14)22(19-6-2,20-7-3)21-8-4/h10-12H,5-9H2,1-4H3. The van der Waals surface area contributed by atoms with Gasteiger partial charge in [-0.2, -0.15) is 0 Å². The molecule has 6 heteroatoms. The predicted molar refractivity (Wildman–Crippen MR) is 86.9 cm³/mol. The van der Waals surface area contributed by atoms with Crippen LogP contribution in [0.25, 0.3) is 0 Å². The summed E-state index contributed by atoms with van der Waals surface area (Å²) in [5.74, 6) is 0.480. The van der Waals surface area contributed by atoms with Gasteiger partial charge in [0, 0.05) is 25.0 Å². The number of hydrogen-bond acceptors (Lipinski definition) is 5. The number of aryl methyl sites for hydroxylation is 1. The number of hydrogen-bond donors (Lipinski definition) is 0. The number of rotatable bonds is 10. The van der Waals surface area contributed by atoms with Crippen molar-refractivity contribution in [2.24, 2.45) is 0 Å². The largest absolute Gasteiger partial charge is 0.537 e. The van der Waals surface area contributed by atoms with E-state index in [1.807, 2.05) is 32.9 Å². The molecule has 0 aromatic heterocycles. The molecular weight excluding hydrogens is 298 g/mol. The van der Waals surface area contributed by atoms with Crippen LogP contribution in [0.5, 0.6) is 5.75 Å². The highest BCUT2D eigenvalue weighted by Crippen LogP contribution is 2.19. The fraction of sp³-hybridized carbons (Fsp3) is 0.562. The summed E-state index contributed by atoms with van der Waals surface area (Å²) in [5, 5.41) is 9.64. The van der Waals surface area contributed by atoms with E-state index in [0.29, 0.717) is 25.6 Å². The number of benzene rings is 1. The SMILES string of the molecule is CCCc1ccc(OC#N)cc1[Si](OCC)(OCC)OCC. The average molecular weight is 323 g/mol. The first-order valence-electron chi connectivity index (χ1n) is 7.78. The van der Waals surface area contributed by atoms with Gasteiger partial charge in [-0.15, -0.1) is 5.26 Å². The van der Waals surface area contributed by atoms with Gasteiger partial charge in [0.1, 0.15) is 5.75 Å². The molecule has 0 saturated carbocycles. The van der Waals surface area contributed by atoms with Crippen LogP contribution in [0.2, 0.25) is 0 Å². The fourth-order valence-corrected chi connectivity index (χ4v) is 5.15. The van der Waals surface area contributed by atoms with Crippen molar-refractivity contribution in [2.75, 3.05) is 19.8 Å². The van der Waals surface area contributed by atoms with Crippen LogP contribution in [0.4, 0.5) is 0 Å². The topological polar surface area (TPSA) is 60.7 Å². The highest BCUT2D eigenvalue weighted by molar-refractivity contribution is 6.75. The summed E-state index contributed by atoms with van der Waals surface area (Å²) < 4.78 is 22.9. The Kier molecular flexibility index (Phi) is 8.13. The summed E-state index contributed by atoms with van der Waals surface area (Å²) in [6.07, 6.45) is 3.60. The maximum atomic E-state index is 8.74. The van der Waals surface area contributed by atoms with Gasteiger partial charge in [0.2, 0.25) is 0 Å². The molecule has 0 spiro atoms. The normalized spacial score (nSPS) is 11.2. The second-order valence-corrected chi connectivity index (χ2v) is 7.13. The van der Waals surface area contributed by atoms with Crippen molar-refractivity contribution in [2.45, 2.75) is 40.5 Å².